The number of likely N-dealkylation sites (tertiary alicyclic amines) is 1. The summed E-state index contributed by atoms with van der Waals surface area (Å²) in [6.07, 6.45) is 3.66. The van der Waals surface area contributed by atoms with Gasteiger partial charge in [-0.1, -0.05) is 6.92 Å². The first-order valence-corrected chi connectivity index (χ1v) is 8.67. The molecule has 6 nitrogen and oxygen atoms in total. The molecule has 2 aliphatic rings. The highest BCUT2D eigenvalue weighted by atomic mass is 16.2. The van der Waals surface area contributed by atoms with E-state index in [-0.39, 0.29) is 18.2 Å². The molecule has 1 aromatic rings. The quantitative estimate of drug-likeness (QED) is 0.856. The smallest absolute Gasteiger partial charge is 0.228 e. The van der Waals surface area contributed by atoms with Gasteiger partial charge in [-0.15, -0.1) is 0 Å². The summed E-state index contributed by atoms with van der Waals surface area (Å²) in [4.78, 5) is 28.5. The maximum absolute atomic E-state index is 12.5. The number of piperidine rings is 1. The molecule has 0 unspecified atom stereocenters. The Hall–Kier alpha value is -1.85. The van der Waals surface area contributed by atoms with E-state index >= 15 is 0 Å². The summed E-state index contributed by atoms with van der Waals surface area (Å²) < 4.78 is 1.89. The van der Waals surface area contributed by atoms with Gasteiger partial charge in [-0.05, 0) is 32.1 Å². The molecular formula is C17H26N4O2. The standard InChI is InChI=1S/C17H26N4O2/c1-13-6-10-19(11-7-13)16(22)4-5-17(23)20-8-3-9-21-15(20)12-14(2)18-21/h12-13H,3-11H2,1-2H3. The first kappa shape index (κ1) is 16.0. The van der Waals surface area contributed by atoms with Crippen LogP contribution in [0.1, 0.15) is 44.7 Å². The van der Waals surface area contributed by atoms with Crippen LogP contribution in [0.2, 0.25) is 0 Å². The van der Waals surface area contributed by atoms with Crippen LogP contribution in [-0.4, -0.2) is 46.1 Å². The third kappa shape index (κ3) is 3.57. The number of aryl methyl sites for hydroxylation is 2. The highest BCUT2D eigenvalue weighted by Crippen LogP contribution is 2.23. The van der Waals surface area contributed by atoms with Gasteiger partial charge in [0.05, 0.1) is 5.69 Å². The molecule has 0 aromatic carbocycles. The SMILES string of the molecule is Cc1cc2n(n1)CCCN2C(=O)CCC(=O)N1CCC(C)CC1. The van der Waals surface area contributed by atoms with Crippen LogP contribution in [0, 0.1) is 12.8 Å². The van der Waals surface area contributed by atoms with Crippen molar-refractivity contribution in [3.63, 3.8) is 0 Å². The van der Waals surface area contributed by atoms with E-state index in [4.69, 9.17) is 0 Å². The highest BCUT2D eigenvalue weighted by molar-refractivity contribution is 5.95. The maximum Gasteiger partial charge on any atom is 0.228 e. The van der Waals surface area contributed by atoms with E-state index < -0.39 is 0 Å². The summed E-state index contributed by atoms with van der Waals surface area (Å²) in [5, 5.41) is 4.41. The van der Waals surface area contributed by atoms with Gasteiger partial charge in [0.25, 0.3) is 0 Å². The van der Waals surface area contributed by atoms with Crippen molar-refractivity contribution < 1.29 is 9.59 Å². The van der Waals surface area contributed by atoms with Gasteiger partial charge in [0, 0.05) is 45.1 Å². The van der Waals surface area contributed by atoms with Crippen LogP contribution < -0.4 is 4.90 Å². The van der Waals surface area contributed by atoms with E-state index in [1.165, 1.54) is 0 Å². The fraction of sp³-hybridized carbons (Fsp3) is 0.706. The summed E-state index contributed by atoms with van der Waals surface area (Å²) in [5.74, 6) is 1.73. The lowest BCUT2D eigenvalue weighted by Crippen LogP contribution is -2.40. The van der Waals surface area contributed by atoms with Gasteiger partial charge >= 0.3 is 0 Å². The minimum Gasteiger partial charge on any atom is -0.343 e. The van der Waals surface area contributed by atoms with Crippen LogP contribution in [0.5, 0.6) is 0 Å². The van der Waals surface area contributed by atoms with Crippen molar-refractivity contribution in [1.82, 2.24) is 14.7 Å². The molecule has 3 heterocycles. The normalized spacial score (nSPS) is 18.9. The largest absolute Gasteiger partial charge is 0.343 e. The molecule has 0 saturated carbocycles. The van der Waals surface area contributed by atoms with Gasteiger partial charge in [-0.2, -0.15) is 5.10 Å². The predicted octanol–water partition coefficient (Wildman–Crippen LogP) is 1.97. The van der Waals surface area contributed by atoms with E-state index in [0.29, 0.717) is 12.3 Å². The van der Waals surface area contributed by atoms with Crippen molar-refractivity contribution in [3.8, 4) is 0 Å². The zero-order valence-electron chi connectivity index (χ0n) is 14.1. The fourth-order valence-corrected chi connectivity index (χ4v) is 3.42. The third-order valence-electron chi connectivity index (χ3n) is 4.90. The lowest BCUT2D eigenvalue weighted by molar-refractivity contribution is -0.134. The maximum atomic E-state index is 12.5. The van der Waals surface area contributed by atoms with Crippen LogP contribution in [0.3, 0.4) is 0 Å². The summed E-state index contributed by atoms with van der Waals surface area (Å²) >= 11 is 0. The molecular weight excluding hydrogens is 292 g/mol. The topological polar surface area (TPSA) is 58.4 Å². The van der Waals surface area contributed by atoms with Gasteiger partial charge in [0.1, 0.15) is 5.82 Å². The van der Waals surface area contributed by atoms with Crippen LogP contribution in [0.15, 0.2) is 6.07 Å². The van der Waals surface area contributed by atoms with Gasteiger partial charge in [-0.3, -0.25) is 14.5 Å². The van der Waals surface area contributed by atoms with Crippen LogP contribution in [0.25, 0.3) is 0 Å². The number of rotatable bonds is 3. The molecule has 0 aliphatic carbocycles. The van der Waals surface area contributed by atoms with Crippen molar-refractivity contribution in [2.75, 3.05) is 24.5 Å². The number of amides is 2. The second-order valence-electron chi connectivity index (χ2n) is 6.83. The Morgan fingerprint density at radius 1 is 1.13 bits per heavy atom. The van der Waals surface area contributed by atoms with Gasteiger partial charge < -0.3 is 4.90 Å². The first-order valence-electron chi connectivity index (χ1n) is 8.67. The minimum absolute atomic E-state index is 0.0320. The molecule has 126 valence electrons. The molecule has 6 heteroatoms. The van der Waals surface area contributed by atoms with E-state index in [1.807, 2.05) is 22.6 Å². The number of aromatic nitrogens is 2. The van der Waals surface area contributed by atoms with Gasteiger partial charge in [-0.25, -0.2) is 4.68 Å². The Morgan fingerprint density at radius 2 is 1.83 bits per heavy atom. The number of hydrogen-bond acceptors (Lipinski definition) is 3. The summed E-state index contributed by atoms with van der Waals surface area (Å²) in [7, 11) is 0. The van der Waals surface area contributed by atoms with Crippen LogP contribution >= 0.6 is 0 Å². The molecule has 1 fully saturated rings. The predicted molar refractivity (Wildman–Crippen MR) is 88.1 cm³/mol. The molecule has 0 atom stereocenters. The van der Waals surface area contributed by atoms with Gasteiger partial charge in [0.15, 0.2) is 0 Å². The molecule has 23 heavy (non-hydrogen) atoms. The number of fused-ring (bicyclic) bond motifs is 1. The number of carbonyl (C=O) groups is 2. The molecule has 0 N–H and O–H groups in total. The molecule has 1 aromatic heterocycles. The van der Waals surface area contributed by atoms with E-state index in [1.54, 1.807) is 4.90 Å². The average Bonchev–Trinajstić information content (AvgIpc) is 2.93. The lowest BCUT2D eigenvalue weighted by Gasteiger charge is -2.31. The first-order chi connectivity index (χ1) is 11.0. The molecule has 0 spiro atoms. The zero-order valence-corrected chi connectivity index (χ0v) is 14.1. The van der Waals surface area contributed by atoms with Gasteiger partial charge in [0.2, 0.25) is 11.8 Å². The molecule has 1 saturated heterocycles. The Bertz CT molecular complexity index is 587. The summed E-state index contributed by atoms with van der Waals surface area (Å²) in [5.41, 5.74) is 0.929. The number of nitrogens with zero attached hydrogens (tertiary/aromatic N) is 4. The Balaban J connectivity index is 1.55. The summed E-state index contributed by atoms with van der Waals surface area (Å²) in [6.45, 7) is 7.42. The number of hydrogen-bond donors (Lipinski definition) is 0. The van der Waals surface area contributed by atoms with Crippen molar-refractivity contribution in [2.24, 2.45) is 5.92 Å². The van der Waals surface area contributed by atoms with E-state index in [0.717, 1.165) is 57.0 Å². The Kier molecular flexibility index (Phi) is 4.68. The Labute approximate surface area is 137 Å². The van der Waals surface area contributed by atoms with E-state index in [9.17, 15) is 9.59 Å². The third-order valence-corrected chi connectivity index (χ3v) is 4.90. The number of carbonyl (C=O) groups excluding carboxylic acids is 2. The van der Waals surface area contributed by atoms with Crippen molar-refractivity contribution in [2.45, 2.75) is 52.5 Å². The van der Waals surface area contributed by atoms with Crippen molar-refractivity contribution in [3.05, 3.63) is 11.8 Å². The molecule has 2 aliphatic heterocycles. The number of anilines is 1. The van der Waals surface area contributed by atoms with E-state index in [2.05, 4.69) is 12.0 Å². The monoisotopic (exact) mass is 318 g/mol. The van der Waals surface area contributed by atoms with Crippen molar-refractivity contribution >= 4 is 17.6 Å². The summed E-state index contributed by atoms with van der Waals surface area (Å²) in [6, 6.07) is 1.95. The average molecular weight is 318 g/mol. The molecule has 0 radical (unpaired) electrons. The zero-order chi connectivity index (χ0) is 16.4. The van der Waals surface area contributed by atoms with Crippen LogP contribution in [0.4, 0.5) is 5.82 Å². The Morgan fingerprint density at radius 3 is 2.57 bits per heavy atom. The highest BCUT2D eigenvalue weighted by Gasteiger charge is 2.26. The molecule has 0 bridgehead atoms. The van der Waals surface area contributed by atoms with Crippen LogP contribution in [-0.2, 0) is 16.1 Å². The molecule has 3 rings (SSSR count). The second-order valence-corrected chi connectivity index (χ2v) is 6.83. The fourth-order valence-electron chi connectivity index (χ4n) is 3.42. The lowest BCUT2D eigenvalue weighted by atomic mass is 9.99. The minimum atomic E-state index is 0.0320. The van der Waals surface area contributed by atoms with Crippen molar-refractivity contribution in [1.29, 1.82) is 0 Å². The molecule has 2 amide bonds. The second kappa shape index (κ2) is 6.72.